The van der Waals surface area contributed by atoms with E-state index < -0.39 is 37.9 Å². The average molecular weight is 1060 g/mol. The van der Waals surface area contributed by atoms with Crippen molar-refractivity contribution in [2.24, 2.45) is 0 Å². The summed E-state index contributed by atoms with van der Waals surface area (Å²) in [4.78, 5) is 36.9. The Labute approximate surface area is 425 Å². The van der Waals surface area contributed by atoms with Crippen LogP contribution in [0.1, 0.15) is 69.2 Å². The molecule has 1 aliphatic rings. The largest absolute Gasteiger partial charge is 0.490 e. The number of hydrogen-bond donors (Lipinski definition) is 1. The second kappa shape index (κ2) is 28.9. The lowest BCUT2D eigenvalue weighted by Crippen LogP contribution is -2.34. The molecule has 0 unspecified atom stereocenters. The normalized spacial score (nSPS) is 12.4. The smallest absolute Gasteiger partial charge is 0.341 e. The van der Waals surface area contributed by atoms with Gasteiger partial charge in [-0.3, -0.25) is 13.3 Å². The van der Waals surface area contributed by atoms with Crippen LogP contribution in [0.25, 0.3) is 22.3 Å². The molecule has 1 amide bonds. The van der Waals surface area contributed by atoms with E-state index in [4.69, 9.17) is 42.3 Å². The number of furan rings is 1. The second-order valence-corrected chi connectivity index (χ2v) is 19.6. The van der Waals surface area contributed by atoms with Gasteiger partial charge in [-0.1, -0.05) is 24.3 Å². The number of rotatable bonds is 30. The van der Waals surface area contributed by atoms with Gasteiger partial charge in [0.05, 0.1) is 103 Å². The zero-order valence-electron chi connectivity index (χ0n) is 41.6. The van der Waals surface area contributed by atoms with Gasteiger partial charge in [0, 0.05) is 24.1 Å². The summed E-state index contributed by atoms with van der Waals surface area (Å²) in [5, 5.41) is 3.20. The number of para-hydroxylation sites is 2. The zero-order valence-corrected chi connectivity index (χ0v) is 43.2. The number of nitrogens with zero attached hydrogens (tertiary/aromatic N) is 1. The van der Waals surface area contributed by atoms with Gasteiger partial charge in [-0.2, -0.15) is 8.42 Å². The fraction of sp³-hybridized carbons (Fsp3) is 0.431. The predicted octanol–water partition coefficient (Wildman–Crippen LogP) is 6.78. The van der Waals surface area contributed by atoms with Crippen LogP contribution in [0.3, 0.4) is 0 Å². The molecule has 73 heavy (non-hydrogen) atoms. The van der Waals surface area contributed by atoms with Crippen molar-refractivity contribution < 1.29 is 82.1 Å². The molecule has 0 aliphatic heterocycles. The fourth-order valence-corrected chi connectivity index (χ4v) is 8.40. The van der Waals surface area contributed by atoms with E-state index in [9.17, 15) is 35.6 Å². The molecule has 6 rings (SSSR count). The molecule has 1 heterocycles. The lowest BCUT2D eigenvalue weighted by molar-refractivity contribution is 0.0276. The lowest BCUT2D eigenvalue weighted by atomic mass is 10.0. The van der Waals surface area contributed by atoms with Crippen LogP contribution < -0.4 is 19.1 Å². The van der Waals surface area contributed by atoms with Gasteiger partial charge in [0.15, 0.2) is 0 Å². The molecule has 22 heteroatoms. The summed E-state index contributed by atoms with van der Waals surface area (Å²) in [7, 11) is -5.64. The van der Waals surface area contributed by atoms with Crippen LogP contribution in [0.2, 0.25) is 0 Å². The number of sulfonamides is 1. The second-order valence-electron chi connectivity index (χ2n) is 16.0. The number of fused-ring (bicyclic) bond motifs is 1. The fourth-order valence-electron chi connectivity index (χ4n) is 7.10. The van der Waals surface area contributed by atoms with E-state index in [0.29, 0.717) is 76.8 Å². The molecule has 0 bridgehead atoms. The number of carbonyl (C=O) groups is 3. The van der Waals surface area contributed by atoms with E-state index in [1.165, 1.54) is 35.6 Å². The van der Waals surface area contributed by atoms with Crippen molar-refractivity contribution in [1.29, 1.82) is 0 Å². The van der Waals surface area contributed by atoms with Gasteiger partial charge in [-0.05, 0) is 92.8 Å². The quantitative estimate of drug-likeness (QED) is 0.0284. The third-order valence-electron chi connectivity index (χ3n) is 10.5. The van der Waals surface area contributed by atoms with E-state index in [1.807, 2.05) is 6.07 Å². The Kier molecular flexibility index (Phi) is 22.9. The van der Waals surface area contributed by atoms with Crippen LogP contribution >= 0.6 is 0 Å². The molecule has 398 valence electrons. The van der Waals surface area contributed by atoms with Gasteiger partial charge in [0.2, 0.25) is 10.0 Å². The van der Waals surface area contributed by atoms with Gasteiger partial charge in [0.1, 0.15) is 53.0 Å². The highest BCUT2D eigenvalue weighted by molar-refractivity contribution is 7.92. The molecule has 1 saturated carbocycles. The maximum absolute atomic E-state index is 13.7. The Bertz CT molecular complexity index is 2800. The van der Waals surface area contributed by atoms with E-state index in [2.05, 4.69) is 9.50 Å². The first-order valence-corrected chi connectivity index (χ1v) is 27.2. The van der Waals surface area contributed by atoms with Crippen molar-refractivity contribution in [3.05, 3.63) is 113 Å². The standard InChI is InChI=1S/C35H39FN2O9S.C16H24O8S/c1-4-45-35(40)26-7-5-6-8-30(26)46-20-19-44-18-17-43-16-15-38(48(3,41)42)29-22-31-28(21-27(29)23-9-10-23)32(34(39)37-2)33(47-31)24-11-13-25(36)14-12-24;1-3-22-16(17)14-6-4-5-7-15(14)23-12-10-20-8-9-21-11-13-24-25(2,18)19/h5-8,11-14,21-23H,4,9-10,15-20H2,1-3H3,(H,37,39);4-7H,3,8-13H2,1-2H3. The highest BCUT2D eigenvalue weighted by Crippen LogP contribution is 2.48. The first kappa shape index (κ1) is 57.8. The number of amides is 1. The summed E-state index contributed by atoms with van der Waals surface area (Å²) in [6, 6.07) is 22.8. The molecule has 1 N–H and O–H groups in total. The van der Waals surface area contributed by atoms with E-state index in [1.54, 1.807) is 68.4 Å². The minimum absolute atomic E-state index is 0.0212. The molecule has 1 fully saturated rings. The Morgan fingerprint density at radius 1 is 0.671 bits per heavy atom. The van der Waals surface area contributed by atoms with Crippen molar-refractivity contribution in [3.8, 4) is 22.8 Å². The maximum atomic E-state index is 13.7. The number of carbonyl (C=O) groups excluding carboxylic acids is 3. The highest BCUT2D eigenvalue weighted by atomic mass is 32.2. The number of esters is 2. The molecule has 5 aromatic rings. The van der Waals surface area contributed by atoms with Crippen LogP contribution in [-0.4, -0.2) is 147 Å². The molecule has 19 nitrogen and oxygen atoms in total. The Morgan fingerprint density at radius 2 is 1.16 bits per heavy atom. The molecular weight excluding hydrogens is 996 g/mol. The van der Waals surface area contributed by atoms with Crippen molar-refractivity contribution in [2.75, 3.05) is 116 Å². The number of ether oxygens (including phenoxy) is 8. The first-order chi connectivity index (χ1) is 35.1. The summed E-state index contributed by atoms with van der Waals surface area (Å²) >= 11 is 0. The molecule has 0 radical (unpaired) electrons. The Hall–Kier alpha value is -6.14. The summed E-state index contributed by atoms with van der Waals surface area (Å²) in [6.45, 7) is 6.50. The number of nitrogens with one attached hydrogen (secondary N) is 1. The van der Waals surface area contributed by atoms with Crippen molar-refractivity contribution in [1.82, 2.24) is 5.32 Å². The van der Waals surface area contributed by atoms with Crippen LogP contribution in [0.15, 0.2) is 89.3 Å². The molecule has 0 spiro atoms. The number of hydrogen-bond acceptors (Lipinski definition) is 17. The van der Waals surface area contributed by atoms with Crippen LogP contribution in [-0.2, 0) is 52.7 Å². The van der Waals surface area contributed by atoms with Gasteiger partial charge in [-0.15, -0.1) is 0 Å². The van der Waals surface area contributed by atoms with E-state index >= 15 is 0 Å². The molecule has 1 aromatic heterocycles. The van der Waals surface area contributed by atoms with Gasteiger partial charge < -0.3 is 47.6 Å². The first-order valence-electron chi connectivity index (χ1n) is 23.6. The zero-order chi connectivity index (χ0) is 52.8. The molecule has 1 aliphatic carbocycles. The van der Waals surface area contributed by atoms with E-state index in [-0.39, 0.29) is 83.6 Å². The highest BCUT2D eigenvalue weighted by Gasteiger charge is 2.33. The van der Waals surface area contributed by atoms with Crippen LogP contribution in [0.4, 0.5) is 10.1 Å². The van der Waals surface area contributed by atoms with Crippen LogP contribution in [0.5, 0.6) is 11.5 Å². The third-order valence-corrected chi connectivity index (χ3v) is 12.3. The molecular formula is C51H63FN2O17S2. The van der Waals surface area contributed by atoms with Crippen molar-refractivity contribution in [3.63, 3.8) is 0 Å². The molecule has 4 aromatic carbocycles. The molecule has 0 atom stereocenters. The van der Waals surface area contributed by atoms with E-state index in [0.717, 1.165) is 30.9 Å². The number of anilines is 1. The lowest BCUT2D eigenvalue weighted by Gasteiger charge is -2.25. The van der Waals surface area contributed by atoms with Gasteiger partial charge in [-0.25, -0.2) is 22.4 Å². The maximum Gasteiger partial charge on any atom is 0.341 e. The number of benzene rings is 4. The topological polar surface area (TPSA) is 231 Å². The van der Waals surface area contributed by atoms with Gasteiger partial charge >= 0.3 is 11.9 Å². The minimum Gasteiger partial charge on any atom is -0.490 e. The SMILES string of the molecule is CCOC(=O)c1ccccc1OCCOCCOCCN(c1cc2oc(-c3ccc(F)cc3)c(C(=O)NC)c2cc1C1CC1)S(C)(=O)=O.CCOC(=O)c1ccccc1OCCOCCOCCOS(C)(=O)=O. The summed E-state index contributed by atoms with van der Waals surface area (Å²) in [5.41, 5.74) is 3.14. The minimum atomic E-state index is -3.73. The third kappa shape index (κ3) is 18.4. The van der Waals surface area contributed by atoms with Crippen LogP contribution in [0, 0.1) is 5.82 Å². The monoisotopic (exact) mass is 1060 g/mol. The summed E-state index contributed by atoms with van der Waals surface area (Å²) in [5.74, 6) is -0.417. The summed E-state index contributed by atoms with van der Waals surface area (Å²) in [6.07, 6.45) is 3.90. The van der Waals surface area contributed by atoms with Crippen molar-refractivity contribution in [2.45, 2.75) is 32.6 Å². The van der Waals surface area contributed by atoms with Gasteiger partial charge in [0.25, 0.3) is 16.0 Å². The molecule has 0 saturated heterocycles. The Morgan fingerprint density at radius 3 is 1.64 bits per heavy atom. The van der Waals surface area contributed by atoms with Crippen molar-refractivity contribution >= 4 is 54.6 Å². The predicted molar refractivity (Wildman–Crippen MR) is 269 cm³/mol. The number of halogens is 1. The summed E-state index contributed by atoms with van der Waals surface area (Å²) < 4.78 is 116. The average Bonchev–Trinajstić information content (AvgIpc) is 4.14. The Balaban J connectivity index is 0.000000334.